The van der Waals surface area contributed by atoms with E-state index >= 15 is 0 Å². The van der Waals surface area contributed by atoms with Gasteiger partial charge in [0.25, 0.3) is 0 Å². The maximum absolute atomic E-state index is 13.3. The zero-order chi connectivity index (χ0) is 29.0. The molecule has 0 aromatic heterocycles. The summed E-state index contributed by atoms with van der Waals surface area (Å²) in [5, 5.41) is 10.1. The molecule has 0 heterocycles. The molecule has 40 heavy (non-hydrogen) atoms. The van der Waals surface area contributed by atoms with Gasteiger partial charge >= 0.3 is 11.8 Å². The van der Waals surface area contributed by atoms with Crippen LogP contribution in [0.25, 0.3) is 11.1 Å². The third kappa shape index (κ3) is 9.94. The fraction of sp³-hybridized carbons (Fsp3) is 0.588. The number of nitrogens with zero attached hydrogens (tertiary/aromatic N) is 1. The normalized spacial score (nSPS) is 14.5. The highest BCUT2D eigenvalue weighted by molar-refractivity contribution is 5.92. The standard InChI is InChI=1S/C34H47F4NO/c1-33(35,36)34(37,38)23-12-5-3-4-6-13-24-39(2)25-14-8-11-19-32-30(27-16-9-7-10-17-27)20-15-18-28-26-29(40)21-22-31(28)32/h7,9-10,16-17,21-22,26,40H,3-6,8,11-15,18-20,23-25H2,1-2H3. The molecule has 0 aliphatic heterocycles. The molecular weight excluding hydrogens is 514 g/mol. The van der Waals surface area contributed by atoms with Crippen molar-refractivity contribution in [2.45, 2.75) is 109 Å². The van der Waals surface area contributed by atoms with Crippen LogP contribution in [0.5, 0.6) is 5.75 Å². The minimum Gasteiger partial charge on any atom is -0.508 e. The van der Waals surface area contributed by atoms with Crippen molar-refractivity contribution in [3.63, 3.8) is 0 Å². The lowest BCUT2D eigenvalue weighted by Crippen LogP contribution is -2.37. The predicted octanol–water partition coefficient (Wildman–Crippen LogP) is 10.2. The van der Waals surface area contributed by atoms with Crippen LogP contribution in [-0.2, 0) is 6.42 Å². The van der Waals surface area contributed by atoms with E-state index in [0.29, 0.717) is 19.1 Å². The van der Waals surface area contributed by atoms with E-state index < -0.39 is 18.3 Å². The third-order valence-corrected chi connectivity index (χ3v) is 8.16. The SMILES string of the molecule is CN(CCCCCCCCC(F)(F)C(C)(F)F)CCCCCC1=C(c2ccccc2)CCCc2cc(O)ccc21. The van der Waals surface area contributed by atoms with Crippen molar-refractivity contribution in [2.75, 3.05) is 20.1 Å². The Bertz CT molecular complexity index is 1060. The van der Waals surface area contributed by atoms with Crippen molar-refractivity contribution >= 4 is 11.1 Å². The first-order valence-corrected chi connectivity index (χ1v) is 15.1. The van der Waals surface area contributed by atoms with E-state index in [1.165, 1.54) is 27.8 Å². The molecule has 3 rings (SSSR count). The summed E-state index contributed by atoms with van der Waals surface area (Å²) < 4.78 is 52.3. The van der Waals surface area contributed by atoms with Crippen molar-refractivity contribution in [3.05, 3.63) is 65.2 Å². The topological polar surface area (TPSA) is 23.5 Å². The summed E-state index contributed by atoms with van der Waals surface area (Å²) in [5.74, 6) is -7.50. The van der Waals surface area contributed by atoms with Gasteiger partial charge in [-0.2, -0.15) is 8.78 Å². The number of allylic oxidation sites excluding steroid dienone is 2. The molecule has 2 aromatic rings. The third-order valence-electron chi connectivity index (χ3n) is 8.16. The smallest absolute Gasteiger partial charge is 0.309 e. The molecule has 0 saturated heterocycles. The predicted molar refractivity (Wildman–Crippen MR) is 158 cm³/mol. The van der Waals surface area contributed by atoms with E-state index in [9.17, 15) is 22.7 Å². The molecule has 1 N–H and O–H groups in total. The number of hydrogen-bond acceptors (Lipinski definition) is 2. The number of aromatic hydroxyl groups is 1. The lowest BCUT2D eigenvalue weighted by atomic mass is 9.89. The Labute approximate surface area is 238 Å². The van der Waals surface area contributed by atoms with E-state index in [4.69, 9.17) is 0 Å². The number of fused-ring (bicyclic) bond motifs is 1. The molecule has 0 atom stereocenters. The highest BCUT2D eigenvalue weighted by Gasteiger charge is 2.51. The number of hydrogen-bond donors (Lipinski definition) is 1. The number of benzene rings is 2. The Morgan fingerprint density at radius 1 is 0.775 bits per heavy atom. The lowest BCUT2D eigenvalue weighted by Gasteiger charge is -2.22. The average molecular weight is 562 g/mol. The molecule has 222 valence electrons. The Morgan fingerprint density at radius 3 is 2.08 bits per heavy atom. The molecule has 0 spiro atoms. The summed E-state index contributed by atoms with van der Waals surface area (Å²) in [7, 11) is 2.15. The Morgan fingerprint density at radius 2 is 1.40 bits per heavy atom. The first-order valence-electron chi connectivity index (χ1n) is 15.1. The van der Waals surface area contributed by atoms with Crippen LogP contribution in [0.1, 0.15) is 107 Å². The van der Waals surface area contributed by atoms with E-state index in [-0.39, 0.29) is 6.42 Å². The number of phenols is 1. The fourth-order valence-electron chi connectivity index (χ4n) is 5.72. The van der Waals surface area contributed by atoms with Gasteiger partial charge < -0.3 is 10.0 Å². The number of unbranched alkanes of at least 4 members (excludes halogenated alkanes) is 7. The highest BCUT2D eigenvalue weighted by atomic mass is 19.3. The van der Waals surface area contributed by atoms with E-state index in [1.54, 1.807) is 0 Å². The van der Waals surface area contributed by atoms with Crippen LogP contribution in [0.2, 0.25) is 0 Å². The van der Waals surface area contributed by atoms with Gasteiger partial charge in [-0.3, -0.25) is 0 Å². The maximum atomic E-state index is 13.3. The van der Waals surface area contributed by atoms with Gasteiger partial charge in [0.05, 0.1) is 0 Å². The maximum Gasteiger partial charge on any atom is 0.309 e. The second-order valence-electron chi connectivity index (χ2n) is 11.6. The van der Waals surface area contributed by atoms with Crippen molar-refractivity contribution in [2.24, 2.45) is 0 Å². The monoisotopic (exact) mass is 561 g/mol. The molecule has 0 unspecified atom stereocenters. The van der Waals surface area contributed by atoms with E-state index in [1.807, 2.05) is 12.1 Å². The first kappa shape index (κ1) is 32.2. The van der Waals surface area contributed by atoms with Crippen LogP contribution >= 0.6 is 0 Å². The molecule has 0 radical (unpaired) electrons. The van der Waals surface area contributed by atoms with Gasteiger partial charge in [-0.05, 0) is 111 Å². The number of aryl methyl sites for hydroxylation is 1. The molecule has 2 nitrogen and oxygen atoms in total. The number of alkyl halides is 4. The zero-order valence-corrected chi connectivity index (χ0v) is 24.3. The number of rotatable bonds is 17. The summed E-state index contributed by atoms with van der Waals surface area (Å²) in [4.78, 5) is 2.36. The minimum absolute atomic E-state index is 0.147. The van der Waals surface area contributed by atoms with Crippen molar-refractivity contribution in [1.29, 1.82) is 0 Å². The highest BCUT2D eigenvalue weighted by Crippen LogP contribution is 2.40. The molecule has 0 amide bonds. The molecule has 0 bridgehead atoms. The first-order chi connectivity index (χ1) is 19.1. The zero-order valence-electron chi connectivity index (χ0n) is 24.3. The van der Waals surface area contributed by atoms with Crippen LogP contribution in [0, 0.1) is 0 Å². The average Bonchev–Trinajstić information content (AvgIpc) is 3.08. The van der Waals surface area contributed by atoms with Crippen LogP contribution in [0.4, 0.5) is 17.6 Å². The molecule has 0 fully saturated rings. The second-order valence-corrected chi connectivity index (χ2v) is 11.6. The van der Waals surface area contributed by atoms with Gasteiger partial charge in [0.2, 0.25) is 0 Å². The van der Waals surface area contributed by atoms with Crippen LogP contribution in [0.3, 0.4) is 0 Å². The number of halogens is 4. The van der Waals surface area contributed by atoms with Gasteiger partial charge in [-0.1, -0.05) is 68.5 Å². The molecule has 1 aliphatic carbocycles. The summed E-state index contributed by atoms with van der Waals surface area (Å²) in [6.45, 7) is 2.36. The lowest BCUT2D eigenvalue weighted by molar-refractivity contribution is -0.201. The van der Waals surface area contributed by atoms with Crippen molar-refractivity contribution < 1.29 is 22.7 Å². The molecule has 2 aromatic carbocycles. The van der Waals surface area contributed by atoms with Gasteiger partial charge in [-0.15, -0.1) is 0 Å². The van der Waals surface area contributed by atoms with Crippen LogP contribution < -0.4 is 0 Å². The summed E-state index contributed by atoms with van der Waals surface area (Å²) in [6.07, 6.45) is 11.5. The molecular formula is C34H47F4NO. The molecule has 0 saturated carbocycles. The molecule has 1 aliphatic rings. The van der Waals surface area contributed by atoms with Gasteiger partial charge in [-0.25, -0.2) is 8.78 Å². The Hall–Kier alpha value is -2.34. The summed E-state index contributed by atoms with van der Waals surface area (Å²) in [6, 6.07) is 16.5. The van der Waals surface area contributed by atoms with E-state index in [2.05, 4.69) is 48.3 Å². The van der Waals surface area contributed by atoms with Crippen LogP contribution in [-0.4, -0.2) is 42.0 Å². The number of phenolic OH excluding ortho intramolecular Hbond substituents is 1. The Balaban J connectivity index is 1.36. The van der Waals surface area contributed by atoms with Gasteiger partial charge in [0, 0.05) is 13.3 Å². The quantitative estimate of drug-likeness (QED) is 0.153. The van der Waals surface area contributed by atoms with Crippen LogP contribution in [0.15, 0.2) is 48.5 Å². The second kappa shape index (κ2) is 15.6. The van der Waals surface area contributed by atoms with Gasteiger partial charge in [0.15, 0.2) is 0 Å². The Kier molecular flexibility index (Phi) is 12.6. The summed E-state index contributed by atoms with van der Waals surface area (Å²) in [5.41, 5.74) is 6.72. The molecule has 6 heteroatoms. The van der Waals surface area contributed by atoms with Crippen molar-refractivity contribution in [1.82, 2.24) is 4.90 Å². The van der Waals surface area contributed by atoms with Gasteiger partial charge in [0.1, 0.15) is 5.75 Å². The summed E-state index contributed by atoms with van der Waals surface area (Å²) >= 11 is 0. The minimum atomic E-state index is -3.94. The fourth-order valence-corrected chi connectivity index (χ4v) is 5.72. The van der Waals surface area contributed by atoms with Crippen molar-refractivity contribution in [3.8, 4) is 5.75 Å². The largest absolute Gasteiger partial charge is 0.508 e. The van der Waals surface area contributed by atoms with E-state index in [0.717, 1.165) is 83.7 Å².